The van der Waals surface area contributed by atoms with Gasteiger partial charge in [0.1, 0.15) is 5.82 Å². The molecule has 0 saturated heterocycles. The molecule has 0 spiro atoms. The molecule has 2 fully saturated rings. The first-order chi connectivity index (χ1) is 9.36. The Morgan fingerprint density at radius 2 is 2.20 bits per heavy atom. The molecule has 3 heteroatoms. The van der Waals surface area contributed by atoms with Gasteiger partial charge in [-0.3, -0.25) is 4.79 Å². The number of fused-ring (bicyclic) bond motifs is 2. The van der Waals surface area contributed by atoms with Gasteiger partial charge < -0.3 is 5.32 Å². The molecule has 2 saturated carbocycles. The number of aromatic nitrogens is 1. The predicted octanol–water partition coefficient (Wildman–Crippen LogP) is 3.71. The van der Waals surface area contributed by atoms with E-state index in [9.17, 15) is 4.79 Å². The maximum atomic E-state index is 12.8. The average molecular weight is 270 g/mol. The number of anilines is 1. The van der Waals surface area contributed by atoms with Gasteiger partial charge >= 0.3 is 0 Å². The highest BCUT2D eigenvalue weighted by Crippen LogP contribution is 2.65. The van der Waals surface area contributed by atoms with E-state index in [1.807, 2.05) is 19.1 Å². The first-order valence-corrected chi connectivity index (χ1v) is 7.30. The Morgan fingerprint density at radius 3 is 2.75 bits per heavy atom. The van der Waals surface area contributed by atoms with Gasteiger partial charge in [-0.05, 0) is 49.1 Å². The summed E-state index contributed by atoms with van der Waals surface area (Å²) < 4.78 is 0. The van der Waals surface area contributed by atoms with E-state index in [1.54, 1.807) is 6.20 Å². The number of amides is 1. The van der Waals surface area contributed by atoms with Gasteiger partial charge in [-0.15, -0.1) is 0 Å². The van der Waals surface area contributed by atoms with Gasteiger partial charge in [0.2, 0.25) is 5.91 Å². The molecule has 2 aliphatic rings. The summed E-state index contributed by atoms with van der Waals surface area (Å²) in [4.78, 5) is 17.0. The van der Waals surface area contributed by atoms with Crippen LogP contribution >= 0.6 is 0 Å². The molecule has 1 heterocycles. The zero-order chi connectivity index (χ0) is 14.5. The fraction of sp³-hybridized carbons (Fsp3) is 0.529. The predicted molar refractivity (Wildman–Crippen MR) is 80.3 cm³/mol. The highest BCUT2D eigenvalue weighted by molar-refractivity contribution is 5.97. The lowest BCUT2D eigenvalue weighted by Crippen LogP contribution is -2.37. The zero-order valence-corrected chi connectivity index (χ0v) is 12.5. The van der Waals surface area contributed by atoms with Gasteiger partial charge in [0.25, 0.3) is 0 Å². The average Bonchev–Trinajstić information content (AvgIpc) is 2.93. The standard InChI is InChI=1S/C17H22N2O/c1-11-5-6-14(18-10-11)19-15(20)17-8-7-13(9-17)16(3,4)12(17)2/h5-6,10,13H,2,7-9H2,1,3-4H3,(H,18,19,20). The van der Waals surface area contributed by atoms with Crippen molar-refractivity contribution in [3.05, 3.63) is 36.0 Å². The maximum Gasteiger partial charge on any atom is 0.235 e. The van der Waals surface area contributed by atoms with Gasteiger partial charge in [-0.2, -0.15) is 0 Å². The van der Waals surface area contributed by atoms with Crippen LogP contribution in [0.2, 0.25) is 0 Å². The largest absolute Gasteiger partial charge is 0.310 e. The van der Waals surface area contributed by atoms with Crippen molar-refractivity contribution >= 4 is 11.7 Å². The first-order valence-electron chi connectivity index (χ1n) is 7.30. The lowest BCUT2D eigenvalue weighted by Gasteiger charge is -2.37. The topological polar surface area (TPSA) is 42.0 Å². The molecule has 1 amide bonds. The molecule has 0 aromatic carbocycles. The number of carbonyl (C=O) groups excluding carboxylic acids is 1. The van der Waals surface area contributed by atoms with Crippen LogP contribution < -0.4 is 5.32 Å². The summed E-state index contributed by atoms with van der Waals surface area (Å²) in [6, 6.07) is 3.82. The Labute approximate surface area is 120 Å². The van der Waals surface area contributed by atoms with Crippen LogP contribution in [0, 0.1) is 23.7 Å². The number of carbonyl (C=O) groups is 1. The van der Waals surface area contributed by atoms with Crippen molar-refractivity contribution in [2.24, 2.45) is 16.7 Å². The number of pyridine rings is 1. The first kappa shape index (κ1) is 13.3. The van der Waals surface area contributed by atoms with Crippen LogP contribution in [0.1, 0.15) is 38.7 Å². The fourth-order valence-electron chi connectivity index (χ4n) is 3.92. The minimum absolute atomic E-state index is 0.0759. The molecule has 2 atom stereocenters. The van der Waals surface area contributed by atoms with E-state index in [2.05, 4.69) is 30.7 Å². The summed E-state index contributed by atoms with van der Waals surface area (Å²) in [5, 5.41) is 2.99. The molecule has 2 aliphatic carbocycles. The monoisotopic (exact) mass is 270 g/mol. The SMILES string of the molecule is C=C1C2(C(=O)Nc3ccc(C)cn3)CCC(C2)C1(C)C. The number of rotatable bonds is 2. The summed E-state index contributed by atoms with van der Waals surface area (Å²) in [5.74, 6) is 1.30. The van der Waals surface area contributed by atoms with Gasteiger partial charge in [0, 0.05) is 6.20 Å². The third kappa shape index (κ3) is 1.72. The third-order valence-corrected chi connectivity index (χ3v) is 5.48. The Hall–Kier alpha value is -1.64. The van der Waals surface area contributed by atoms with Crippen LogP contribution in [0.4, 0.5) is 5.82 Å². The van der Waals surface area contributed by atoms with Crippen LogP contribution in [0.15, 0.2) is 30.5 Å². The molecule has 20 heavy (non-hydrogen) atoms. The van der Waals surface area contributed by atoms with E-state index < -0.39 is 0 Å². The number of hydrogen-bond donors (Lipinski definition) is 1. The lowest BCUT2D eigenvalue weighted by molar-refractivity contribution is -0.123. The van der Waals surface area contributed by atoms with Gasteiger partial charge in [-0.25, -0.2) is 4.98 Å². The smallest absolute Gasteiger partial charge is 0.235 e. The Bertz CT molecular complexity index is 573. The molecule has 106 valence electrons. The van der Waals surface area contributed by atoms with Crippen LogP contribution in [-0.4, -0.2) is 10.9 Å². The summed E-state index contributed by atoms with van der Waals surface area (Å²) in [6.45, 7) is 10.7. The van der Waals surface area contributed by atoms with Crippen molar-refractivity contribution in [3.8, 4) is 0 Å². The Balaban J connectivity index is 1.84. The van der Waals surface area contributed by atoms with Crippen molar-refractivity contribution in [3.63, 3.8) is 0 Å². The third-order valence-electron chi connectivity index (χ3n) is 5.48. The van der Waals surface area contributed by atoms with Crippen molar-refractivity contribution in [2.45, 2.75) is 40.0 Å². The minimum Gasteiger partial charge on any atom is -0.310 e. The van der Waals surface area contributed by atoms with Gasteiger partial charge in [0.05, 0.1) is 5.41 Å². The number of aryl methyl sites for hydroxylation is 1. The van der Waals surface area contributed by atoms with Crippen molar-refractivity contribution in [2.75, 3.05) is 5.32 Å². The molecule has 1 aromatic rings. The zero-order valence-electron chi connectivity index (χ0n) is 12.5. The van der Waals surface area contributed by atoms with E-state index in [-0.39, 0.29) is 16.7 Å². The summed E-state index contributed by atoms with van der Waals surface area (Å²) in [6.07, 6.45) is 4.77. The second-order valence-corrected chi connectivity index (χ2v) is 6.90. The van der Waals surface area contributed by atoms with Crippen LogP contribution in [-0.2, 0) is 4.79 Å². The van der Waals surface area contributed by atoms with Crippen molar-refractivity contribution in [1.29, 1.82) is 0 Å². The van der Waals surface area contributed by atoms with Gasteiger partial charge in [0.15, 0.2) is 0 Å². The number of hydrogen-bond acceptors (Lipinski definition) is 2. The molecular weight excluding hydrogens is 248 g/mol. The number of nitrogens with zero attached hydrogens (tertiary/aromatic N) is 1. The van der Waals surface area contributed by atoms with Crippen molar-refractivity contribution < 1.29 is 4.79 Å². The van der Waals surface area contributed by atoms with E-state index in [0.717, 1.165) is 30.4 Å². The highest BCUT2D eigenvalue weighted by atomic mass is 16.2. The van der Waals surface area contributed by atoms with Crippen LogP contribution in [0.25, 0.3) is 0 Å². The molecule has 0 aliphatic heterocycles. The molecule has 1 aromatic heterocycles. The van der Waals surface area contributed by atoms with E-state index in [1.165, 1.54) is 0 Å². The normalized spacial score (nSPS) is 30.6. The fourth-order valence-corrected chi connectivity index (χ4v) is 3.92. The second-order valence-electron chi connectivity index (χ2n) is 6.90. The quantitative estimate of drug-likeness (QED) is 0.832. The van der Waals surface area contributed by atoms with Gasteiger partial charge in [-0.1, -0.05) is 32.1 Å². The molecule has 3 rings (SSSR count). The summed E-state index contributed by atoms with van der Waals surface area (Å²) in [7, 11) is 0. The Kier molecular flexibility index (Phi) is 2.79. The van der Waals surface area contributed by atoms with E-state index >= 15 is 0 Å². The molecular formula is C17H22N2O. The molecule has 0 radical (unpaired) electrons. The van der Waals surface area contributed by atoms with E-state index in [4.69, 9.17) is 0 Å². The molecule has 2 bridgehead atoms. The highest BCUT2D eigenvalue weighted by Gasteiger charge is 2.60. The minimum atomic E-state index is -0.374. The van der Waals surface area contributed by atoms with Crippen LogP contribution in [0.3, 0.4) is 0 Å². The van der Waals surface area contributed by atoms with E-state index in [0.29, 0.717) is 11.7 Å². The second kappa shape index (κ2) is 4.18. The van der Waals surface area contributed by atoms with Crippen LogP contribution in [0.5, 0.6) is 0 Å². The molecule has 3 nitrogen and oxygen atoms in total. The summed E-state index contributed by atoms with van der Waals surface area (Å²) in [5.41, 5.74) is 1.90. The van der Waals surface area contributed by atoms with Crippen molar-refractivity contribution in [1.82, 2.24) is 4.98 Å². The summed E-state index contributed by atoms with van der Waals surface area (Å²) >= 11 is 0. The Morgan fingerprint density at radius 1 is 1.45 bits per heavy atom. The number of nitrogens with one attached hydrogen (secondary N) is 1. The lowest BCUT2D eigenvalue weighted by atomic mass is 9.68. The molecule has 1 N–H and O–H groups in total. The molecule has 2 unspecified atom stereocenters. The maximum absolute atomic E-state index is 12.8.